The number of ether oxygens (including phenoxy) is 1. The predicted octanol–water partition coefficient (Wildman–Crippen LogP) is -0.306. The van der Waals surface area contributed by atoms with Crippen LogP contribution in [0.2, 0.25) is 0 Å². The van der Waals surface area contributed by atoms with Crippen LogP contribution in [-0.2, 0) is 22.5 Å². The minimum absolute atomic E-state index is 0.195. The van der Waals surface area contributed by atoms with E-state index >= 15 is 0 Å². The molecule has 0 aliphatic carbocycles. The van der Waals surface area contributed by atoms with Crippen LogP contribution in [0.15, 0.2) is 12.5 Å². The molecule has 1 aromatic heterocycles. The van der Waals surface area contributed by atoms with E-state index < -0.39 is 0 Å². The Bertz CT molecular complexity index is 460. The number of nitrogens with zero attached hydrogens (tertiary/aromatic N) is 4. The van der Waals surface area contributed by atoms with Gasteiger partial charge in [0.05, 0.1) is 25.5 Å². The fraction of sp³-hybridized carbons (Fsp3) is 0.615. The average Bonchev–Trinajstić information content (AvgIpc) is 2.48. The molecule has 102 valence electrons. The van der Waals surface area contributed by atoms with E-state index in [0.717, 1.165) is 25.2 Å². The van der Waals surface area contributed by atoms with Crippen molar-refractivity contribution in [3.63, 3.8) is 0 Å². The van der Waals surface area contributed by atoms with Crippen LogP contribution in [0.3, 0.4) is 0 Å². The molecule has 0 N–H and O–H groups in total. The highest BCUT2D eigenvalue weighted by atomic mass is 16.5. The molecule has 2 aliphatic heterocycles. The number of hydrogen-bond acceptors (Lipinski definition) is 5. The van der Waals surface area contributed by atoms with Crippen molar-refractivity contribution in [3.8, 4) is 0 Å². The Balaban J connectivity index is 1.58. The number of carbonyl (C=O) groups is 1. The number of hydrogen-bond donors (Lipinski definition) is 0. The molecule has 6 nitrogen and oxygen atoms in total. The Labute approximate surface area is 112 Å². The maximum atomic E-state index is 12.2. The van der Waals surface area contributed by atoms with Gasteiger partial charge in [-0.3, -0.25) is 9.69 Å². The van der Waals surface area contributed by atoms with Gasteiger partial charge in [0.15, 0.2) is 0 Å². The number of morpholine rings is 1. The van der Waals surface area contributed by atoms with Crippen molar-refractivity contribution in [1.29, 1.82) is 0 Å². The second-order valence-corrected chi connectivity index (χ2v) is 4.95. The summed E-state index contributed by atoms with van der Waals surface area (Å²) in [5.41, 5.74) is 2.26. The quantitative estimate of drug-likeness (QED) is 0.732. The molecule has 0 bridgehead atoms. The zero-order chi connectivity index (χ0) is 13.1. The van der Waals surface area contributed by atoms with Crippen LogP contribution in [0.1, 0.15) is 11.3 Å². The van der Waals surface area contributed by atoms with Crippen molar-refractivity contribution in [2.45, 2.75) is 13.0 Å². The first-order valence-corrected chi connectivity index (χ1v) is 6.68. The molecule has 2 aliphatic rings. The first-order chi connectivity index (χ1) is 9.33. The fourth-order valence-corrected chi connectivity index (χ4v) is 2.54. The lowest BCUT2D eigenvalue weighted by molar-refractivity contribution is -0.136. The molecule has 0 unspecified atom stereocenters. The Morgan fingerprint density at radius 2 is 2.16 bits per heavy atom. The molecule has 1 saturated heterocycles. The summed E-state index contributed by atoms with van der Waals surface area (Å²) >= 11 is 0. The molecular formula is C13H18N4O2. The van der Waals surface area contributed by atoms with Gasteiger partial charge in [0.2, 0.25) is 5.91 Å². The molecule has 1 fully saturated rings. The molecule has 0 spiro atoms. The van der Waals surface area contributed by atoms with Crippen LogP contribution in [0.25, 0.3) is 0 Å². The molecule has 1 amide bonds. The lowest BCUT2D eigenvalue weighted by atomic mass is 10.1. The van der Waals surface area contributed by atoms with Crippen LogP contribution in [0, 0.1) is 0 Å². The maximum absolute atomic E-state index is 12.2. The molecule has 0 aromatic carbocycles. The molecule has 1 aromatic rings. The Morgan fingerprint density at radius 3 is 3.00 bits per heavy atom. The molecule has 0 atom stereocenters. The predicted molar refractivity (Wildman–Crippen MR) is 68.4 cm³/mol. The second-order valence-electron chi connectivity index (χ2n) is 4.95. The van der Waals surface area contributed by atoms with Gasteiger partial charge in [-0.15, -0.1) is 0 Å². The van der Waals surface area contributed by atoms with Crippen molar-refractivity contribution in [3.05, 3.63) is 23.8 Å². The van der Waals surface area contributed by atoms with Crippen molar-refractivity contribution in [2.75, 3.05) is 39.4 Å². The molecule has 6 heteroatoms. The highest BCUT2D eigenvalue weighted by Crippen LogP contribution is 2.15. The molecule has 0 saturated carbocycles. The van der Waals surface area contributed by atoms with Gasteiger partial charge in [-0.1, -0.05) is 0 Å². The van der Waals surface area contributed by atoms with Crippen LogP contribution < -0.4 is 0 Å². The Morgan fingerprint density at radius 1 is 1.32 bits per heavy atom. The summed E-state index contributed by atoms with van der Waals surface area (Å²) in [6.07, 6.45) is 4.38. The van der Waals surface area contributed by atoms with Gasteiger partial charge in [-0.25, -0.2) is 9.97 Å². The van der Waals surface area contributed by atoms with E-state index in [1.807, 2.05) is 11.1 Å². The molecule has 19 heavy (non-hydrogen) atoms. The van der Waals surface area contributed by atoms with Gasteiger partial charge in [-0.2, -0.15) is 0 Å². The zero-order valence-electron chi connectivity index (χ0n) is 10.9. The highest BCUT2D eigenvalue weighted by Gasteiger charge is 2.23. The van der Waals surface area contributed by atoms with Gasteiger partial charge in [-0.05, 0) is 12.0 Å². The topological polar surface area (TPSA) is 58.6 Å². The third kappa shape index (κ3) is 2.90. The van der Waals surface area contributed by atoms with Gasteiger partial charge < -0.3 is 9.64 Å². The summed E-state index contributed by atoms with van der Waals surface area (Å²) in [5.74, 6) is 0.195. The second kappa shape index (κ2) is 5.63. The van der Waals surface area contributed by atoms with E-state index in [1.165, 1.54) is 5.56 Å². The van der Waals surface area contributed by atoms with E-state index in [4.69, 9.17) is 4.74 Å². The number of aromatic nitrogens is 2. The lowest BCUT2D eigenvalue weighted by Gasteiger charge is -2.31. The normalized spacial score (nSPS) is 20.1. The summed E-state index contributed by atoms with van der Waals surface area (Å²) in [7, 11) is 0. The molecule has 0 radical (unpaired) electrons. The van der Waals surface area contributed by atoms with Crippen LogP contribution in [-0.4, -0.2) is 65.1 Å². The van der Waals surface area contributed by atoms with Crippen molar-refractivity contribution >= 4 is 5.91 Å². The molecule has 3 rings (SSSR count). The van der Waals surface area contributed by atoms with E-state index in [0.29, 0.717) is 32.8 Å². The maximum Gasteiger partial charge on any atom is 0.236 e. The van der Waals surface area contributed by atoms with Crippen LogP contribution in [0.4, 0.5) is 0 Å². The van der Waals surface area contributed by atoms with Crippen molar-refractivity contribution in [2.24, 2.45) is 0 Å². The minimum Gasteiger partial charge on any atom is -0.378 e. The largest absolute Gasteiger partial charge is 0.378 e. The average molecular weight is 262 g/mol. The van der Waals surface area contributed by atoms with E-state index in [1.54, 1.807) is 6.33 Å². The number of amides is 1. The van der Waals surface area contributed by atoms with E-state index in [9.17, 15) is 4.79 Å². The summed E-state index contributed by atoms with van der Waals surface area (Å²) in [6.45, 7) is 4.86. The summed E-state index contributed by atoms with van der Waals surface area (Å²) in [6, 6.07) is 0. The van der Waals surface area contributed by atoms with Crippen LogP contribution in [0.5, 0.6) is 0 Å². The molecular weight excluding hydrogens is 244 g/mol. The SMILES string of the molecule is O=C(CN1CCc2cncnc2C1)N1CCOCC1. The standard InChI is InChI=1S/C13H18N4O2/c18-13(17-3-5-19-6-4-17)9-16-2-1-11-7-14-10-15-12(11)8-16/h7,10H,1-6,8-9H2. The van der Waals surface area contributed by atoms with Crippen molar-refractivity contribution < 1.29 is 9.53 Å². The summed E-state index contributed by atoms with van der Waals surface area (Å²) < 4.78 is 5.26. The Kier molecular flexibility index (Phi) is 3.70. The van der Waals surface area contributed by atoms with Gasteiger partial charge >= 0.3 is 0 Å². The third-order valence-electron chi connectivity index (χ3n) is 3.67. The third-order valence-corrected chi connectivity index (χ3v) is 3.67. The summed E-state index contributed by atoms with van der Waals surface area (Å²) in [5, 5.41) is 0. The first kappa shape index (κ1) is 12.5. The number of fused-ring (bicyclic) bond motifs is 1. The number of rotatable bonds is 2. The van der Waals surface area contributed by atoms with Gasteiger partial charge in [0.25, 0.3) is 0 Å². The minimum atomic E-state index is 0.195. The monoisotopic (exact) mass is 262 g/mol. The van der Waals surface area contributed by atoms with E-state index in [-0.39, 0.29) is 5.91 Å². The zero-order valence-corrected chi connectivity index (χ0v) is 10.9. The first-order valence-electron chi connectivity index (χ1n) is 6.68. The van der Waals surface area contributed by atoms with Crippen LogP contribution >= 0.6 is 0 Å². The fourth-order valence-electron chi connectivity index (χ4n) is 2.54. The highest BCUT2D eigenvalue weighted by molar-refractivity contribution is 5.78. The summed E-state index contributed by atoms with van der Waals surface area (Å²) in [4.78, 5) is 24.6. The Hall–Kier alpha value is -1.53. The smallest absolute Gasteiger partial charge is 0.236 e. The van der Waals surface area contributed by atoms with Gasteiger partial charge in [0, 0.05) is 32.4 Å². The van der Waals surface area contributed by atoms with E-state index in [2.05, 4.69) is 14.9 Å². The number of carbonyl (C=O) groups excluding carboxylic acids is 1. The lowest BCUT2D eigenvalue weighted by Crippen LogP contribution is -2.46. The molecule has 3 heterocycles. The van der Waals surface area contributed by atoms with Gasteiger partial charge in [0.1, 0.15) is 6.33 Å². The van der Waals surface area contributed by atoms with Crippen molar-refractivity contribution in [1.82, 2.24) is 19.8 Å².